The van der Waals surface area contributed by atoms with Crippen molar-refractivity contribution in [3.63, 3.8) is 0 Å². The molecule has 0 saturated carbocycles. The minimum atomic E-state index is -0.445. The molecule has 2 radical (unpaired) electrons. The number of anilines is 1. The molecule has 1 aromatic carbocycles. The third-order valence-corrected chi connectivity index (χ3v) is 6.23. The molecule has 0 unspecified atom stereocenters. The van der Waals surface area contributed by atoms with Crippen molar-refractivity contribution < 1.29 is 4.79 Å². The van der Waals surface area contributed by atoms with Gasteiger partial charge in [0.15, 0.2) is 0 Å². The van der Waals surface area contributed by atoms with Crippen molar-refractivity contribution in [1.29, 1.82) is 0 Å². The zero-order chi connectivity index (χ0) is 23.7. The summed E-state index contributed by atoms with van der Waals surface area (Å²) in [7, 11) is 7.95. The molecule has 0 bridgehead atoms. The number of aromatic amines is 1. The van der Waals surface area contributed by atoms with E-state index in [9.17, 15) is 14.4 Å². The number of H-pyrrole nitrogens is 1. The largest absolute Gasteiger partial charge is 0.368 e. The number of aromatic nitrogens is 3. The van der Waals surface area contributed by atoms with Crippen molar-refractivity contribution in [1.82, 2.24) is 24.8 Å². The van der Waals surface area contributed by atoms with Gasteiger partial charge in [0.1, 0.15) is 13.5 Å². The lowest BCUT2D eigenvalue weighted by atomic mass is 9.87. The summed E-state index contributed by atoms with van der Waals surface area (Å²) in [6.07, 6.45) is 0. The van der Waals surface area contributed by atoms with Gasteiger partial charge in [-0.15, -0.1) is 0 Å². The second-order valence-electron chi connectivity index (χ2n) is 8.18. The molecular weight excluding hydrogens is 419 g/mol. The molecule has 4 rings (SSSR count). The third kappa shape index (κ3) is 4.30. The zero-order valence-corrected chi connectivity index (χ0v) is 19.1. The van der Waals surface area contributed by atoms with E-state index in [2.05, 4.69) is 25.1 Å². The first-order valence-corrected chi connectivity index (χ1v) is 11.0. The first kappa shape index (κ1) is 22.8. The fraction of sp³-hybridized carbons (Fsp3) is 0.391. The summed E-state index contributed by atoms with van der Waals surface area (Å²) in [6, 6.07) is 7.31. The molecule has 2 N–H and O–H groups in total. The summed E-state index contributed by atoms with van der Waals surface area (Å²) in [5, 5.41) is 3.02. The summed E-state index contributed by atoms with van der Waals surface area (Å²) in [5.41, 5.74) is 3.22. The quantitative estimate of drug-likeness (QED) is 0.531. The highest BCUT2D eigenvalue weighted by Gasteiger charge is 2.21. The number of hydrogen-bond acceptors (Lipinski definition) is 6. The molecule has 0 spiro atoms. The van der Waals surface area contributed by atoms with E-state index >= 15 is 0 Å². The molecule has 1 saturated heterocycles. The first-order chi connectivity index (χ1) is 15.8. The maximum absolute atomic E-state index is 12.6. The number of amides is 1. The van der Waals surface area contributed by atoms with Gasteiger partial charge in [-0.1, -0.05) is 11.5 Å². The van der Waals surface area contributed by atoms with E-state index in [-0.39, 0.29) is 11.5 Å². The van der Waals surface area contributed by atoms with Gasteiger partial charge in [-0.05, 0) is 37.6 Å². The third-order valence-electron chi connectivity index (χ3n) is 6.23. The average Bonchev–Trinajstić information content (AvgIpc) is 2.81. The Bertz CT molecular complexity index is 1320. The van der Waals surface area contributed by atoms with Crippen molar-refractivity contribution in [2.75, 3.05) is 38.1 Å². The maximum Gasteiger partial charge on any atom is 0.328 e. The Balaban J connectivity index is 1.48. The number of benzene rings is 1. The molecule has 2 aromatic heterocycles. The number of nitrogens with zero attached hydrogens (tertiary/aromatic N) is 4. The van der Waals surface area contributed by atoms with Crippen LogP contribution in [0.5, 0.6) is 0 Å². The molecule has 0 atom stereocenters. The number of rotatable bonds is 5. The van der Waals surface area contributed by atoms with Crippen LogP contribution < -0.4 is 26.9 Å². The number of pyridine rings is 1. The summed E-state index contributed by atoms with van der Waals surface area (Å²) < 4.78 is 1.17. The van der Waals surface area contributed by atoms with Gasteiger partial charge in [-0.2, -0.15) is 0 Å². The molecule has 0 aliphatic carbocycles. The lowest BCUT2D eigenvalue weighted by Gasteiger charge is -2.37. The normalized spacial score (nSPS) is 14.6. The zero-order valence-electron chi connectivity index (χ0n) is 19.1. The molecule has 170 valence electrons. The predicted octanol–water partition coefficient (Wildman–Crippen LogP) is -0.111. The highest BCUT2D eigenvalue weighted by Crippen LogP contribution is 2.21. The molecule has 1 aliphatic heterocycles. The van der Waals surface area contributed by atoms with Crippen LogP contribution in [-0.4, -0.2) is 66.4 Å². The first-order valence-electron chi connectivity index (χ1n) is 11.0. The van der Waals surface area contributed by atoms with Crippen molar-refractivity contribution >= 4 is 35.8 Å². The Morgan fingerprint density at radius 3 is 2.52 bits per heavy atom. The highest BCUT2D eigenvalue weighted by atomic mass is 16.2. The van der Waals surface area contributed by atoms with Gasteiger partial charge in [0, 0.05) is 51.8 Å². The summed E-state index contributed by atoms with van der Waals surface area (Å²) in [4.78, 5) is 48.3. The predicted molar refractivity (Wildman–Crippen MR) is 130 cm³/mol. The van der Waals surface area contributed by atoms with Gasteiger partial charge in [0.05, 0.1) is 16.8 Å². The van der Waals surface area contributed by atoms with Crippen LogP contribution in [-0.2, 0) is 13.1 Å². The van der Waals surface area contributed by atoms with Gasteiger partial charge in [-0.25, -0.2) is 9.78 Å². The van der Waals surface area contributed by atoms with Crippen LogP contribution in [0.2, 0.25) is 0 Å². The SMILES string of the molecule is [B]c1c(CN2CCN(c3ccc(C(=O)NC)nc3C)CC2)ccc2c(=O)n(CC)c(=O)[nH]c12. The standard InChI is InChI=1S/C23H27BN6O3/c1-4-30-22(32)16-6-5-15(19(24)20(16)27-23(30)33)13-28-9-11-29(12-10-28)18-8-7-17(21(31)25-3)26-14(18)2/h5-8H,4,9-13H2,1-3H3,(H,25,31)(H,27,33). The van der Waals surface area contributed by atoms with E-state index in [1.54, 1.807) is 26.1 Å². The second-order valence-corrected chi connectivity index (χ2v) is 8.18. The average molecular weight is 446 g/mol. The van der Waals surface area contributed by atoms with E-state index < -0.39 is 5.69 Å². The fourth-order valence-corrected chi connectivity index (χ4v) is 4.34. The van der Waals surface area contributed by atoms with Gasteiger partial charge in [0.25, 0.3) is 11.5 Å². The van der Waals surface area contributed by atoms with Crippen molar-refractivity contribution in [2.45, 2.75) is 26.9 Å². The summed E-state index contributed by atoms with van der Waals surface area (Å²) in [6.45, 7) is 7.87. The number of piperazine rings is 1. The van der Waals surface area contributed by atoms with Crippen LogP contribution in [0.3, 0.4) is 0 Å². The smallest absolute Gasteiger partial charge is 0.328 e. The number of carbonyl (C=O) groups excluding carboxylic acids is 1. The van der Waals surface area contributed by atoms with E-state index in [0.29, 0.717) is 35.1 Å². The highest BCUT2D eigenvalue weighted by molar-refractivity contribution is 6.39. The van der Waals surface area contributed by atoms with Crippen molar-refractivity contribution in [2.24, 2.45) is 0 Å². The molecule has 33 heavy (non-hydrogen) atoms. The van der Waals surface area contributed by atoms with Crippen LogP contribution in [0.4, 0.5) is 5.69 Å². The number of aryl methyl sites for hydroxylation is 1. The lowest BCUT2D eigenvalue weighted by molar-refractivity contribution is 0.0958. The molecule has 1 amide bonds. The van der Waals surface area contributed by atoms with E-state index in [1.807, 2.05) is 19.1 Å². The summed E-state index contributed by atoms with van der Waals surface area (Å²) >= 11 is 0. The van der Waals surface area contributed by atoms with Crippen LogP contribution in [0.1, 0.15) is 28.7 Å². The Labute approximate surface area is 192 Å². The van der Waals surface area contributed by atoms with Gasteiger partial charge in [-0.3, -0.25) is 19.1 Å². The van der Waals surface area contributed by atoms with Crippen molar-refractivity contribution in [3.8, 4) is 0 Å². The number of fused-ring (bicyclic) bond motifs is 1. The molecule has 1 aliphatic rings. The molecule has 3 aromatic rings. The number of hydrogen-bond donors (Lipinski definition) is 2. The monoisotopic (exact) mass is 446 g/mol. The number of nitrogens with one attached hydrogen (secondary N) is 2. The Hall–Kier alpha value is -3.40. The Morgan fingerprint density at radius 1 is 1.15 bits per heavy atom. The van der Waals surface area contributed by atoms with Crippen LogP contribution in [0.15, 0.2) is 33.9 Å². The molecule has 10 heteroatoms. The lowest BCUT2D eigenvalue weighted by Crippen LogP contribution is -2.46. The fourth-order valence-electron chi connectivity index (χ4n) is 4.34. The van der Waals surface area contributed by atoms with Crippen LogP contribution in [0.25, 0.3) is 10.9 Å². The van der Waals surface area contributed by atoms with Crippen LogP contribution >= 0.6 is 0 Å². The van der Waals surface area contributed by atoms with Gasteiger partial charge < -0.3 is 15.2 Å². The van der Waals surface area contributed by atoms with Crippen molar-refractivity contribution in [3.05, 3.63) is 62.1 Å². The van der Waals surface area contributed by atoms with Gasteiger partial charge >= 0.3 is 5.69 Å². The summed E-state index contributed by atoms with van der Waals surface area (Å²) in [5.74, 6) is -0.197. The molecule has 3 heterocycles. The van der Waals surface area contributed by atoms with E-state index in [4.69, 9.17) is 7.85 Å². The van der Waals surface area contributed by atoms with Crippen LogP contribution in [0, 0.1) is 6.92 Å². The Morgan fingerprint density at radius 2 is 1.88 bits per heavy atom. The van der Waals surface area contributed by atoms with E-state index in [1.165, 1.54) is 4.57 Å². The van der Waals surface area contributed by atoms with Gasteiger partial charge in [0.2, 0.25) is 0 Å². The maximum atomic E-state index is 12.6. The minimum Gasteiger partial charge on any atom is -0.368 e. The number of carbonyl (C=O) groups is 1. The second kappa shape index (κ2) is 9.23. The molecule has 1 fully saturated rings. The Kier molecular flexibility index (Phi) is 6.37. The molecule has 9 nitrogen and oxygen atoms in total. The minimum absolute atomic E-state index is 0.197. The van der Waals surface area contributed by atoms with E-state index in [0.717, 1.165) is 43.1 Å². The topological polar surface area (TPSA) is 103 Å². The molecular formula is C23H27BN6O3.